The molecule has 0 fully saturated rings. The molecule has 0 amide bonds. The van der Waals surface area contributed by atoms with Gasteiger partial charge in [0, 0.05) is 9.79 Å². The summed E-state index contributed by atoms with van der Waals surface area (Å²) in [5.41, 5.74) is 1.30. The Morgan fingerprint density at radius 2 is 1.53 bits per heavy atom. The van der Waals surface area contributed by atoms with Crippen LogP contribution in [0.5, 0.6) is 0 Å². The molecule has 1 heteroatoms. The summed E-state index contributed by atoms with van der Waals surface area (Å²) < 4.78 is 0. The Balaban J connectivity index is 2.37. The smallest absolute Gasteiger partial charge is 0.00589 e. The van der Waals surface area contributed by atoms with Gasteiger partial charge < -0.3 is 0 Å². The predicted octanol–water partition coefficient (Wildman–Crippen LogP) is 4.11. The lowest BCUT2D eigenvalue weighted by molar-refractivity contribution is 1.34. The highest BCUT2D eigenvalue weighted by molar-refractivity contribution is 8.14. The van der Waals surface area contributed by atoms with Crippen LogP contribution in [-0.2, 0) is 0 Å². The third kappa shape index (κ3) is 2.37. The molecule has 2 rings (SSSR count). The van der Waals surface area contributed by atoms with Crippen molar-refractivity contribution in [1.82, 2.24) is 0 Å². The molecule has 2 aromatic rings. The average Bonchev–Trinajstić information content (AvgIpc) is 2.29. The van der Waals surface area contributed by atoms with Crippen molar-refractivity contribution in [3.05, 3.63) is 60.2 Å². The zero-order valence-corrected chi connectivity index (χ0v) is 9.63. The molecule has 0 radical (unpaired) electrons. The summed E-state index contributed by atoms with van der Waals surface area (Å²) in [4.78, 5) is 2.60. The van der Waals surface area contributed by atoms with Crippen LogP contribution in [0.4, 0.5) is 0 Å². The molecule has 15 heavy (non-hydrogen) atoms. The summed E-state index contributed by atoms with van der Waals surface area (Å²) in [6.07, 6.45) is 0. The molecule has 0 saturated heterocycles. The molecule has 0 aliphatic carbocycles. The fraction of sp³-hybridized carbons (Fsp3) is 0.0714. The maximum Gasteiger partial charge on any atom is 0.00589 e. The van der Waals surface area contributed by atoms with Gasteiger partial charge in [0.1, 0.15) is 0 Å². The first kappa shape index (κ1) is 10.2. The zero-order chi connectivity index (χ0) is 10.7. The Hall–Kier alpha value is -1.34. The van der Waals surface area contributed by atoms with Gasteiger partial charge in [0.2, 0.25) is 0 Å². The largest absolute Gasteiger partial charge is 0.131 e. The quantitative estimate of drug-likeness (QED) is 0.660. The van der Waals surface area contributed by atoms with E-state index in [1.54, 1.807) is 0 Å². The first-order chi connectivity index (χ1) is 7.27. The Bertz CT molecular complexity index is 472. The third-order valence-electron chi connectivity index (χ3n) is 2.30. The van der Waals surface area contributed by atoms with Crippen LogP contribution in [0.25, 0.3) is 0 Å². The van der Waals surface area contributed by atoms with Gasteiger partial charge in [0.25, 0.3) is 0 Å². The maximum atomic E-state index is 4.25. The van der Waals surface area contributed by atoms with Crippen molar-refractivity contribution in [3.63, 3.8) is 0 Å². The zero-order valence-electron chi connectivity index (χ0n) is 8.81. The molecule has 0 aliphatic heterocycles. The molecule has 0 heterocycles. The van der Waals surface area contributed by atoms with Gasteiger partial charge in [0.15, 0.2) is 0 Å². The van der Waals surface area contributed by atoms with E-state index in [9.17, 15) is 0 Å². The van der Waals surface area contributed by atoms with E-state index in [4.69, 9.17) is 0 Å². The minimum atomic E-state index is -0.0571. The Labute approximate surface area is 93.5 Å². The molecule has 0 bridgehead atoms. The minimum absolute atomic E-state index is 0.0571. The summed E-state index contributed by atoms with van der Waals surface area (Å²) in [6, 6.07) is 19.0. The Morgan fingerprint density at radius 3 is 2.20 bits per heavy atom. The van der Waals surface area contributed by atoms with Crippen LogP contribution in [-0.4, -0.2) is 5.87 Å². The molecule has 0 saturated carbocycles. The van der Waals surface area contributed by atoms with Crippen molar-refractivity contribution in [1.29, 1.82) is 0 Å². The van der Waals surface area contributed by atoms with E-state index in [1.807, 2.05) is 6.07 Å². The number of aryl methyl sites for hydroxylation is 1. The predicted molar refractivity (Wildman–Crippen MR) is 68.9 cm³/mol. The number of benzene rings is 2. The van der Waals surface area contributed by atoms with E-state index in [1.165, 1.54) is 15.4 Å². The van der Waals surface area contributed by atoms with Crippen LogP contribution in [0.3, 0.4) is 0 Å². The average molecular weight is 214 g/mol. The molecule has 0 aromatic heterocycles. The minimum Gasteiger partial charge on any atom is -0.131 e. The van der Waals surface area contributed by atoms with Crippen molar-refractivity contribution in [2.24, 2.45) is 0 Å². The first-order valence-electron chi connectivity index (χ1n) is 4.93. The molecule has 0 nitrogen and oxygen atoms in total. The molecular weight excluding hydrogens is 200 g/mol. The van der Waals surface area contributed by atoms with Gasteiger partial charge in [-0.2, -0.15) is 0 Å². The van der Waals surface area contributed by atoms with Gasteiger partial charge in [-0.1, -0.05) is 41.8 Å². The van der Waals surface area contributed by atoms with Crippen LogP contribution in [0.1, 0.15) is 5.56 Å². The monoisotopic (exact) mass is 214 g/mol. The van der Waals surface area contributed by atoms with Gasteiger partial charge in [-0.3, -0.25) is 0 Å². The van der Waals surface area contributed by atoms with Gasteiger partial charge in [-0.25, -0.2) is 0 Å². The topological polar surface area (TPSA) is 0 Å². The standard InChI is InChI=1S/C14H14S/c1-12-7-6-10-14(11-12)15(2)13-8-4-3-5-9-13/h3-11H,2H2,1H3. The highest BCUT2D eigenvalue weighted by Gasteiger charge is 1.99. The fourth-order valence-corrected chi connectivity index (χ4v) is 2.82. The second-order valence-electron chi connectivity index (χ2n) is 3.52. The van der Waals surface area contributed by atoms with Crippen molar-refractivity contribution >= 4 is 16.4 Å². The van der Waals surface area contributed by atoms with E-state index in [-0.39, 0.29) is 10.5 Å². The van der Waals surface area contributed by atoms with Crippen LogP contribution in [0.2, 0.25) is 0 Å². The van der Waals surface area contributed by atoms with Gasteiger partial charge in [-0.05, 0) is 31.2 Å². The molecule has 1 atom stereocenters. The third-order valence-corrected chi connectivity index (χ3v) is 3.97. The Kier molecular flexibility index (Phi) is 3.02. The van der Waals surface area contributed by atoms with E-state index >= 15 is 0 Å². The van der Waals surface area contributed by atoms with Gasteiger partial charge in [0.05, 0.1) is 0 Å². The van der Waals surface area contributed by atoms with E-state index in [0.717, 1.165) is 0 Å². The summed E-state index contributed by atoms with van der Waals surface area (Å²) in [7, 11) is -0.0571. The number of rotatable bonds is 2. The van der Waals surface area contributed by atoms with E-state index in [2.05, 4.69) is 61.3 Å². The summed E-state index contributed by atoms with van der Waals surface area (Å²) in [5.74, 6) is 4.25. The van der Waals surface area contributed by atoms with Crippen molar-refractivity contribution in [2.75, 3.05) is 0 Å². The fourth-order valence-electron chi connectivity index (χ4n) is 1.49. The molecule has 0 aliphatic rings. The van der Waals surface area contributed by atoms with Crippen molar-refractivity contribution < 1.29 is 0 Å². The van der Waals surface area contributed by atoms with Crippen LogP contribution >= 0.6 is 10.5 Å². The lowest BCUT2D eigenvalue weighted by atomic mass is 10.2. The van der Waals surface area contributed by atoms with Crippen molar-refractivity contribution in [2.45, 2.75) is 16.7 Å². The van der Waals surface area contributed by atoms with Crippen LogP contribution in [0.15, 0.2) is 64.4 Å². The van der Waals surface area contributed by atoms with Crippen LogP contribution < -0.4 is 0 Å². The SMILES string of the molecule is C=S(c1ccccc1)c1cccc(C)c1. The molecule has 2 aromatic carbocycles. The van der Waals surface area contributed by atoms with Crippen LogP contribution in [0, 0.1) is 6.92 Å². The first-order valence-corrected chi connectivity index (χ1v) is 6.32. The lowest BCUT2D eigenvalue weighted by Crippen LogP contribution is -1.78. The summed E-state index contributed by atoms with van der Waals surface area (Å²) in [6.45, 7) is 2.12. The highest BCUT2D eigenvalue weighted by atomic mass is 32.2. The number of hydrogen-bond acceptors (Lipinski definition) is 0. The molecule has 0 spiro atoms. The maximum absolute atomic E-state index is 4.25. The molecule has 76 valence electrons. The Morgan fingerprint density at radius 1 is 0.867 bits per heavy atom. The number of hydrogen-bond donors (Lipinski definition) is 0. The van der Waals surface area contributed by atoms with Gasteiger partial charge >= 0.3 is 0 Å². The van der Waals surface area contributed by atoms with Gasteiger partial charge in [-0.15, -0.1) is 10.5 Å². The highest BCUT2D eigenvalue weighted by Crippen LogP contribution is 2.33. The summed E-state index contributed by atoms with van der Waals surface area (Å²) in [5, 5.41) is 0. The summed E-state index contributed by atoms with van der Waals surface area (Å²) >= 11 is 0. The molecule has 0 N–H and O–H groups in total. The normalized spacial score (nSPS) is 12.3. The van der Waals surface area contributed by atoms with E-state index < -0.39 is 0 Å². The van der Waals surface area contributed by atoms with Crippen molar-refractivity contribution in [3.8, 4) is 0 Å². The van der Waals surface area contributed by atoms with E-state index in [0.29, 0.717) is 0 Å². The molecule has 1 unspecified atom stereocenters. The second-order valence-corrected chi connectivity index (χ2v) is 5.24. The molecular formula is C14H14S. The lowest BCUT2D eigenvalue weighted by Gasteiger charge is -2.08. The second kappa shape index (κ2) is 4.45.